The first-order chi connectivity index (χ1) is 13.2. The fourth-order valence-electron chi connectivity index (χ4n) is 2.57. The third kappa shape index (κ3) is 4.88. The number of rotatable bonds is 5. The Balaban J connectivity index is 1.86. The number of thiazole rings is 1. The van der Waals surface area contributed by atoms with Gasteiger partial charge in [-0.05, 0) is 29.3 Å². The lowest BCUT2D eigenvalue weighted by Crippen LogP contribution is -2.06. The minimum absolute atomic E-state index is 0.0181. The lowest BCUT2D eigenvalue weighted by atomic mass is 10.0. The van der Waals surface area contributed by atoms with Crippen LogP contribution in [0.4, 0.5) is 13.2 Å². The van der Waals surface area contributed by atoms with E-state index in [0.717, 1.165) is 11.6 Å². The van der Waals surface area contributed by atoms with E-state index < -0.39 is 17.7 Å². The highest BCUT2D eigenvalue weighted by Crippen LogP contribution is 2.38. The number of nitrogens with zero attached hydrogens (tertiary/aromatic N) is 1. The van der Waals surface area contributed by atoms with Crippen molar-refractivity contribution in [2.45, 2.75) is 12.6 Å². The molecule has 3 rings (SSSR count). The molecule has 8 heteroatoms. The van der Waals surface area contributed by atoms with Crippen LogP contribution >= 0.6 is 27.3 Å². The second-order valence-corrected chi connectivity index (χ2v) is 7.59. The predicted molar refractivity (Wildman–Crippen MR) is 107 cm³/mol. The summed E-state index contributed by atoms with van der Waals surface area (Å²) in [4.78, 5) is 15.3. The Morgan fingerprint density at radius 1 is 1.18 bits per heavy atom. The van der Waals surface area contributed by atoms with Gasteiger partial charge < -0.3 is 5.11 Å². The molecular weight excluding hydrogens is 455 g/mol. The first-order valence-electron chi connectivity index (χ1n) is 8.04. The Kier molecular flexibility index (Phi) is 6.00. The Bertz CT molecular complexity index is 1040. The van der Waals surface area contributed by atoms with E-state index in [1.165, 1.54) is 17.4 Å². The lowest BCUT2D eigenvalue weighted by molar-refractivity contribution is -0.138. The summed E-state index contributed by atoms with van der Waals surface area (Å²) in [7, 11) is 0. The number of carboxylic acids is 1. The van der Waals surface area contributed by atoms with Gasteiger partial charge in [0.2, 0.25) is 0 Å². The first-order valence-corrected chi connectivity index (χ1v) is 9.72. The number of carboxylic acid groups (broad SMARTS) is 1. The second-order valence-electron chi connectivity index (χ2n) is 5.87. The van der Waals surface area contributed by atoms with Crippen LogP contribution in [0.2, 0.25) is 0 Å². The molecule has 1 aromatic heterocycles. The summed E-state index contributed by atoms with van der Waals surface area (Å²) in [6.45, 7) is 0. The number of aromatic nitrogens is 1. The molecule has 0 unspecified atom stereocenters. The van der Waals surface area contributed by atoms with E-state index in [1.807, 2.05) is 0 Å². The molecule has 0 saturated carbocycles. The molecule has 0 fully saturated rings. The maximum Gasteiger partial charge on any atom is 0.417 e. The molecule has 2 aromatic carbocycles. The van der Waals surface area contributed by atoms with E-state index in [0.29, 0.717) is 21.8 Å². The maximum atomic E-state index is 13.1. The molecular formula is C20H13BrF3NO2S. The van der Waals surface area contributed by atoms with Gasteiger partial charge in [-0.25, -0.2) is 4.98 Å². The summed E-state index contributed by atoms with van der Waals surface area (Å²) in [5.41, 5.74) is 1.64. The van der Waals surface area contributed by atoms with Gasteiger partial charge in [-0.15, -0.1) is 11.3 Å². The zero-order valence-corrected chi connectivity index (χ0v) is 16.6. The van der Waals surface area contributed by atoms with Crippen LogP contribution in [0.5, 0.6) is 0 Å². The smallest absolute Gasteiger partial charge is 0.417 e. The van der Waals surface area contributed by atoms with Crippen LogP contribution in [-0.4, -0.2) is 16.1 Å². The van der Waals surface area contributed by atoms with Gasteiger partial charge in [0.25, 0.3) is 0 Å². The van der Waals surface area contributed by atoms with Crippen molar-refractivity contribution in [2.24, 2.45) is 0 Å². The molecule has 0 atom stereocenters. The molecule has 144 valence electrons. The highest BCUT2D eigenvalue weighted by molar-refractivity contribution is 9.10. The van der Waals surface area contributed by atoms with Gasteiger partial charge >= 0.3 is 12.1 Å². The van der Waals surface area contributed by atoms with Crippen molar-refractivity contribution in [3.05, 3.63) is 74.7 Å². The minimum atomic E-state index is -4.46. The number of alkyl halides is 3. The van der Waals surface area contributed by atoms with Crippen molar-refractivity contribution in [3.8, 4) is 10.6 Å². The Hall–Kier alpha value is -2.45. The SMILES string of the molecule is O=C(O)Cc1ccccc1/C=C/c1csc(-c2ccc(Br)c(C(F)(F)F)c2)n1. The van der Waals surface area contributed by atoms with Crippen LogP contribution in [0.25, 0.3) is 22.7 Å². The summed E-state index contributed by atoms with van der Waals surface area (Å²) in [6, 6.07) is 11.1. The number of aliphatic carboxylic acids is 1. The average molecular weight is 468 g/mol. The third-order valence-corrected chi connectivity index (χ3v) is 5.47. The Morgan fingerprint density at radius 3 is 2.64 bits per heavy atom. The van der Waals surface area contributed by atoms with Crippen molar-refractivity contribution in [2.75, 3.05) is 0 Å². The van der Waals surface area contributed by atoms with E-state index >= 15 is 0 Å². The monoisotopic (exact) mass is 467 g/mol. The van der Waals surface area contributed by atoms with Crippen molar-refractivity contribution >= 4 is 45.4 Å². The number of halogens is 4. The van der Waals surface area contributed by atoms with Gasteiger partial charge in [-0.2, -0.15) is 13.2 Å². The number of benzene rings is 2. The number of hydrogen-bond acceptors (Lipinski definition) is 3. The van der Waals surface area contributed by atoms with Crippen LogP contribution in [-0.2, 0) is 17.4 Å². The van der Waals surface area contributed by atoms with Gasteiger partial charge in [0.1, 0.15) is 5.01 Å². The van der Waals surface area contributed by atoms with Crippen LogP contribution in [0, 0.1) is 0 Å². The third-order valence-electron chi connectivity index (χ3n) is 3.87. The van der Waals surface area contributed by atoms with E-state index in [-0.39, 0.29) is 10.9 Å². The average Bonchev–Trinajstić information content (AvgIpc) is 3.09. The van der Waals surface area contributed by atoms with E-state index in [4.69, 9.17) is 5.11 Å². The summed E-state index contributed by atoms with van der Waals surface area (Å²) >= 11 is 4.17. The predicted octanol–water partition coefficient (Wildman–Crippen LogP) is 6.39. The van der Waals surface area contributed by atoms with Crippen molar-refractivity contribution in [1.29, 1.82) is 0 Å². The second kappa shape index (κ2) is 8.28. The molecule has 0 bridgehead atoms. The summed E-state index contributed by atoms with van der Waals surface area (Å²) in [5.74, 6) is -0.924. The van der Waals surface area contributed by atoms with Gasteiger partial charge in [-0.3, -0.25) is 4.79 Å². The molecule has 0 saturated heterocycles. The molecule has 0 aliphatic carbocycles. The maximum absolute atomic E-state index is 13.1. The molecule has 0 aliphatic rings. The van der Waals surface area contributed by atoms with Crippen LogP contribution in [0.15, 0.2) is 52.3 Å². The zero-order chi connectivity index (χ0) is 20.3. The van der Waals surface area contributed by atoms with Crippen molar-refractivity contribution < 1.29 is 23.1 Å². The Morgan fingerprint density at radius 2 is 1.93 bits per heavy atom. The molecule has 1 N–H and O–H groups in total. The summed E-state index contributed by atoms with van der Waals surface area (Å²) in [6.07, 6.45) is -1.09. The zero-order valence-electron chi connectivity index (χ0n) is 14.2. The van der Waals surface area contributed by atoms with Crippen LogP contribution < -0.4 is 0 Å². The fourth-order valence-corrected chi connectivity index (χ4v) is 3.82. The van der Waals surface area contributed by atoms with Crippen molar-refractivity contribution in [1.82, 2.24) is 4.98 Å². The van der Waals surface area contributed by atoms with Gasteiger partial charge in [-0.1, -0.05) is 52.3 Å². The quantitative estimate of drug-likeness (QED) is 0.472. The molecule has 0 amide bonds. The molecule has 3 aromatic rings. The van der Waals surface area contributed by atoms with Crippen LogP contribution in [0.3, 0.4) is 0 Å². The lowest BCUT2D eigenvalue weighted by Gasteiger charge is -2.10. The number of carbonyl (C=O) groups is 1. The molecule has 0 spiro atoms. The highest BCUT2D eigenvalue weighted by atomic mass is 79.9. The summed E-state index contributed by atoms with van der Waals surface area (Å²) in [5, 5.41) is 11.2. The van der Waals surface area contributed by atoms with Crippen molar-refractivity contribution in [3.63, 3.8) is 0 Å². The van der Waals surface area contributed by atoms with E-state index in [9.17, 15) is 18.0 Å². The molecule has 0 radical (unpaired) electrons. The highest BCUT2D eigenvalue weighted by Gasteiger charge is 2.33. The largest absolute Gasteiger partial charge is 0.481 e. The fraction of sp³-hybridized carbons (Fsp3) is 0.100. The summed E-state index contributed by atoms with van der Waals surface area (Å²) < 4.78 is 39.2. The minimum Gasteiger partial charge on any atom is -0.481 e. The van der Waals surface area contributed by atoms with Gasteiger partial charge in [0.15, 0.2) is 0 Å². The van der Waals surface area contributed by atoms with Gasteiger partial charge in [0, 0.05) is 15.4 Å². The van der Waals surface area contributed by atoms with Crippen LogP contribution in [0.1, 0.15) is 22.4 Å². The van der Waals surface area contributed by atoms with E-state index in [2.05, 4.69) is 20.9 Å². The molecule has 0 aliphatic heterocycles. The topological polar surface area (TPSA) is 50.2 Å². The van der Waals surface area contributed by atoms with E-state index in [1.54, 1.807) is 47.9 Å². The molecule has 3 nitrogen and oxygen atoms in total. The Labute approximate surface area is 171 Å². The standard InChI is InChI=1S/C20H13BrF3NO2S/c21-17-8-6-14(9-16(17)20(22,23)24)19-25-15(11-28-19)7-5-12-3-1-2-4-13(12)10-18(26)27/h1-9,11H,10H2,(H,26,27)/b7-5+. The normalized spacial score (nSPS) is 11.9. The number of hydrogen-bond donors (Lipinski definition) is 1. The molecule has 1 heterocycles. The van der Waals surface area contributed by atoms with Gasteiger partial charge in [0.05, 0.1) is 17.7 Å². The molecule has 28 heavy (non-hydrogen) atoms. The first kappa shape index (κ1) is 20.3.